The van der Waals surface area contributed by atoms with Gasteiger partial charge in [0, 0.05) is 17.6 Å². The molecule has 0 amide bonds. The molecule has 21 heavy (non-hydrogen) atoms. The van der Waals surface area contributed by atoms with E-state index in [1.165, 1.54) is 6.07 Å². The Morgan fingerprint density at radius 3 is 2.76 bits per heavy atom. The van der Waals surface area contributed by atoms with Crippen LogP contribution in [0.15, 0.2) is 23.1 Å². The van der Waals surface area contributed by atoms with Crippen LogP contribution in [-0.4, -0.2) is 17.1 Å². The number of ether oxygens (including phenoxy) is 1. The molecule has 1 aliphatic rings. The van der Waals surface area contributed by atoms with E-state index in [1.807, 2.05) is 4.57 Å². The Bertz CT molecular complexity index is 790. The molecule has 1 heterocycles. The molecule has 1 aromatic carbocycles. The molecule has 1 saturated carbocycles. The number of benzene rings is 1. The van der Waals surface area contributed by atoms with E-state index in [4.69, 9.17) is 4.74 Å². The first-order chi connectivity index (χ1) is 10.0. The van der Waals surface area contributed by atoms with Gasteiger partial charge < -0.3 is 9.30 Å². The smallest absolute Gasteiger partial charge is 0.343 e. The number of aryl methyl sites for hydroxylation is 1. The fourth-order valence-electron chi connectivity index (χ4n) is 2.48. The van der Waals surface area contributed by atoms with E-state index in [0.717, 1.165) is 12.8 Å². The van der Waals surface area contributed by atoms with E-state index in [2.05, 4.69) is 0 Å². The number of nitrogens with zero attached hydrogens (tertiary/aromatic N) is 1. The highest BCUT2D eigenvalue weighted by molar-refractivity contribution is 5.94. The van der Waals surface area contributed by atoms with Gasteiger partial charge in [-0.25, -0.2) is 9.18 Å². The normalized spacial score (nSPS) is 14.4. The van der Waals surface area contributed by atoms with Gasteiger partial charge in [0.1, 0.15) is 11.4 Å². The molecule has 0 atom stereocenters. The van der Waals surface area contributed by atoms with Crippen LogP contribution in [0.1, 0.15) is 41.7 Å². The molecule has 1 aliphatic carbocycles. The third-order valence-corrected chi connectivity index (χ3v) is 3.75. The number of rotatable bonds is 3. The minimum Gasteiger partial charge on any atom is -0.462 e. The molecule has 3 rings (SSSR count). The summed E-state index contributed by atoms with van der Waals surface area (Å²) in [7, 11) is 0. The summed E-state index contributed by atoms with van der Waals surface area (Å²) in [4.78, 5) is 24.3. The minimum absolute atomic E-state index is 0.0282. The van der Waals surface area contributed by atoms with Gasteiger partial charge in [-0.1, -0.05) is 0 Å². The summed E-state index contributed by atoms with van der Waals surface area (Å²) in [6, 6.07) is 3.15. The molecule has 5 heteroatoms. The van der Waals surface area contributed by atoms with Crippen molar-refractivity contribution in [3.8, 4) is 0 Å². The molecule has 1 fully saturated rings. The lowest BCUT2D eigenvalue weighted by Crippen LogP contribution is -2.21. The molecule has 2 aromatic rings. The Kier molecular flexibility index (Phi) is 3.27. The fraction of sp³-hybridized carbons (Fsp3) is 0.375. The lowest BCUT2D eigenvalue weighted by atomic mass is 10.1. The highest BCUT2D eigenvalue weighted by atomic mass is 19.1. The van der Waals surface area contributed by atoms with Gasteiger partial charge in [-0.3, -0.25) is 4.79 Å². The van der Waals surface area contributed by atoms with E-state index in [0.29, 0.717) is 11.1 Å². The van der Waals surface area contributed by atoms with E-state index in [9.17, 15) is 14.0 Å². The van der Waals surface area contributed by atoms with Crippen LogP contribution in [0.5, 0.6) is 0 Å². The molecular weight excluding hydrogens is 273 g/mol. The van der Waals surface area contributed by atoms with Crippen LogP contribution in [0.3, 0.4) is 0 Å². The van der Waals surface area contributed by atoms with Crippen molar-refractivity contribution in [2.75, 3.05) is 6.61 Å². The van der Waals surface area contributed by atoms with Gasteiger partial charge >= 0.3 is 5.97 Å². The monoisotopic (exact) mass is 289 g/mol. The number of esters is 1. The first-order valence-electron chi connectivity index (χ1n) is 7.05. The third-order valence-electron chi connectivity index (χ3n) is 3.75. The van der Waals surface area contributed by atoms with E-state index in [-0.39, 0.29) is 23.6 Å². The highest BCUT2D eigenvalue weighted by Gasteiger charge is 2.27. The third kappa shape index (κ3) is 2.33. The quantitative estimate of drug-likeness (QED) is 0.816. The SMILES string of the molecule is CCOC(=O)c1cn(C2CC2)c2cc(C)c(F)cc2c1=O. The van der Waals surface area contributed by atoms with Crippen molar-refractivity contribution < 1.29 is 13.9 Å². The van der Waals surface area contributed by atoms with Crippen LogP contribution in [0.2, 0.25) is 0 Å². The van der Waals surface area contributed by atoms with Crippen molar-refractivity contribution in [3.63, 3.8) is 0 Å². The van der Waals surface area contributed by atoms with Crippen molar-refractivity contribution in [3.05, 3.63) is 45.5 Å². The molecule has 0 radical (unpaired) electrons. The predicted molar refractivity (Wildman–Crippen MR) is 77.1 cm³/mol. The molecule has 1 aromatic heterocycles. The number of fused-ring (bicyclic) bond motifs is 1. The van der Waals surface area contributed by atoms with Crippen molar-refractivity contribution >= 4 is 16.9 Å². The molecule has 0 aliphatic heterocycles. The summed E-state index contributed by atoms with van der Waals surface area (Å²) in [5.41, 5.74) is 0.661. The van der Waals surface area contributed by atoms with Gasteiger partial charge in [0.05, 0.1) is 12.1 Å². The lowest BCUT2D eigenvalue weighted by molar-refractivity contribution is 0.0524. The van der Waals surface area contributed by atoms with E-state index >= 15 is 0 Å². The van der Waals surface area contributed by atoms with Gasteiger partial charge in [0.15, 0.2) is 0 Å². The van der Waals surface area contributed by atoms with Gasteiger partial charge in [-0.15, -0.1) is 0 Å². The lowest BCUT2D eigenvalue weighted by Gasteiger charge is -2.13. The Morgan fingerprint density at radius 2 is 2.14 bits per heavy atom. The number of carbonyl (C=O) groups is 1. The number of hydrogen-bond donors (Lipinski definition) is 0. The highest BCUT2D eigenvalue weighted by Crippen LogP contribution is 2.37. The summed E-state index contributed by atoms with van der Waals surface area (Å²) in [6.45, 7) is 3.54. The molecular formula is C16H16FNO3. The summed E-state index contributed by atoms with van der Waals surface area (Å²) in [5.74, 6) is -1.09. The Balaban J connectivity index is 2.31. The molecule has 0 unspecified atom stereocenters. The van der Waals surface area contributed by atoms with Gasteiger partial charge in [-0.05, 0) is 44.4 Å². The maximum Gasteiger partial charge on any atom is 0.343 e. The van der Waals surface area contributed by atoms with Gasteiger partial charge in [0.25, 0.3) is 0 Å². The topological polar surface area (TPSA) is 48.3 Å². The summed E-state index contributed by atoms with van der Waals surface area (Å²) in [6.07, 6.45) is 3.55. The maximum atomic E-state index is 13.8. The minimum atomic E-state index is -0.653. The van der Waals surface area contributed by atoms with Crippen LogP contribution >= 0.6 is 0 Å². The van der Waals surface area contributed by atoms with E-state index < -0.39 is 17.2 Å². The van der Waals surface area contributed by atoms with Crippen LogP contribution in [0.25, 0.3) is 10.9 Å². The predicted octanol–water partition coefficient (Wildman–Crippen LogP) is 2.96. The number of pyridine rings is 1. The zero-order valence-corrected chi connectivity index (χ0v) is 12.0. The maximum absolute atomic E-state index is 13.8. The van der Waals surface area contributed by atoms with E-state index in [1.54, 1.807) is 26.1 Å². The Hall–Kier alpha value is -2.17. The Labute approximate surface area is 121 Å². The fourth-order valence-corrected chi connectivity index (χ4v) is 2.48. The summed E-state index contributed by atoms with van der Waals surface area (Å²) in [5, 5.41) is 0.232. The number of halogens is 1. The molecule has 4 nitrogen and oxygen atoms in total. The average molecular weight is 289 g/mol. The molecule has 110 valence electrons. The van der Waals surface area contributed by atoms with Crippen molar-refractivity contribution in [2.24, 2.45) is 0 Å². The number of carbonyl (C=O) groups excluding carboxylic acids is 1. The Morgan fingerprint density at radius 1 is 1.43 bits per heavy atom. The second kappa shape index (κ2) is 4.98. The van der Waals surface area contributed by atoms with Crippen LogP contribution in [0, 0.1) is 12.7 Å². The summed E-state index contributed by atoms with van der Waals surface area (Å²) < 4.78 is 20.6. The van der Waals surface area contributed by atoms with Crippen molar-refractivity contribution in [1.29, 1.82) is 0 Å². The van der Waals surface area contributed by atoms with Gasteiger partial charge in [-0.2, -0.15) is 0 Å². The average Bonchev–Trinajstić information content (AvgIpc) is 3.26. The van der Waals surface area contributed by atoms with Crippen molar-refractivity contribution in [2.45, 2.75) is 32.7 Å². The zero-order chi connectivity index (χ0) is 15.1. The molecule has 0 spiro atoms. The van der Waals surface area contributed by atoms with Crippen LogP contribution in [-0.2, 0) is 4.74 Å². The second-order valence-corrected chi connectivity index (χ2v) is 5.35. The molecule has 0 bridgehead atoms. The first kappa shape index (κ1) is 13.8. The number of aromatic nitrogens is 1. The van der Waals surface area contributed by atoms with Crippen LogP contribution in [0.4, 0.5) is 4.39 Å². The van der Waals surface area contributed by atoms with Crippen LogP contribution < -0.4 is 5.43 Å². The standard InChI is InChI=1S/C16H16FNO3/c1-3-21-16(20)12-8-18(10-4-5-10)14-6-9(2)13(17)7-11(14)15(12)19/h6-8,10H,3-5H2,1-2H3. The number of hydrogen-bond acceptors (Lipinski definition) is 3. The largest absolute Gasteiger partial charge is 0.462 e. The van der Waals surface area contributed by atoms with Gasteiger partial charge in [0.2, 0.25) is 5.43 Å². The second-order valence-electron chi connectivity index (χ2n) is 5.35. The zero-order valence-electron chi connectivity index (χ0n) is 12.0. The first-order valence-corrected chi connectivity index (χ1v) is 7.05. The summed E-state index contributed by atoms with van der Waals surface area (Å²) >= 11 is 0. The van der Waals surface area contributed by atoms with Crippen molar-refractivity contribution in [1.82, 2.24) is 4.57 Å². The molecule has 0 saturated heterocycles. The molecule has 0 N–H and O–H groups in total.